The molecule has 0 N–H and O–H groups in total. The molecule has 4 fully saturated rings. The second kappa shape index (κ2) is 11.3. The molecule has 7 heteroatoms. The van der Waals surface area contributed by atoms with Crippen LogP contribution in [0.25, 0.3) is 11.3 Å². The molecule has 0 amide bonds. The molecule has 1 aromatic carbocycles. The summed E-state index contributed by atoms with van der Waals surface area (Å²) in [4.78, 5) is 39.9. The van der Waals surface area contributed by atoms with Gasteiger partial charge in [-0.05, 0) is 80.5 Å². The Morgan fingerprint density at radius 2 is 1.84 bits per heavy atom. The van der Waals surface area contributed by atoms with Gasteiger partial charge in [0.1, 0.15) is 23.6 Å². The van der Waals surface area contributed by atoms with E-state index in [0.29, 0.717) is 18.3 Å². The van der Waals surface area contributed by atoms with E-state index in [4.69, 9.17) is 9.95 Å². The summed E-state index contributed by atoms with van der Waals surface area (Å²) in [6, 6.07) is 9.55. The summed E-state index contributed by atoms with van der Waals surface area (Å²) in [6.07, 6.45) is 9.18. The maximum absolute atomic E-state index is 15.3. The van der Waals surface area contributed by atoms with Gasteiger partial charge in [-0.25, -0.2) is 4.68 Å². The SMILES string of the molecule is CC(=O)CC[C@@H](C)C1CCC2C3C(OC(C)=O)C[C@@H]4C[C@H](C)CC[C@]4(C)C3C(n3cc(-c4ccccc4)nn3)C(=O)[C@@]21C. The summed E-state index contributed by atoms with van der Waals surface area (Å²) in [5.41, 5.74) is 1.09. The van der Waals surface area contributed by atoms with Gasteiger partial charge in [0.15, 0.2) is 5.78 Å². The Bertz CT molecular complexity index is 1370. The number of nitrogens with zero attached hydrogens (tertiary/aromatic N) is 3. The minimum Gasteiger partial charge on any atom is -0.462 e. The van der Waals surface area contributed by atoms with Crippen molar-refractivity contribution in [2.45, 2.75) is 105 Å². The zero-order valence-electron chi connectivity index (χ0n) is 26.8. The quantitative estimate of drug-likeness (QED) is 0.321. The van der Waals surface area contributed by atoms with Crippen LogP contribution < -0.4 is 0 Å². The van der Waals surface area contributed by atoms with Crippen LogP contribution in [0.4, 0.5) is 0 Å². The highest BCUT2D eigenvalue weighted by Crippen LogP contribution is 2.70. The van der Waals surface area contributed by atoms with Gasteiger partial charge in [0.25, 0.3) is 0 Å². The molecule has 6 rings (SSSR count). The highest BCUT2D eigenvalue weighted by molar-refractivity contribution is 5.91. The van der Waals surface area contributed by atoms with Crippen molar-refractivity contribution in [3.05, 3.63) is 36.5 Å². The van der Waals surface area contributed by atoms with Crippen LogP contribution in [0.2, 0.25) is 0 Å². The Morgan fingerprint density at radius 3 is 2.53 bits per heavy atom. The molecule has 2 aromatic rings. The zero-order chi connectivity index (χ0) is 30.7. The first kappa shape index (κ1) is 30.2. The standard InChI is InChI=1S/C36H49N3O4/c1-21-16-17-35(5)26(18-21)19-30(43-24(4)41)31-28-15-14-27(22(2)12-13-23(3)40)36(28,6)34(42)33(32(31)35)39-20-29(37-38-39)25-10-8-7-9-11-25/h7-11,20-22,26-28,30-33H,12-19H2,1-6H3/t21-,22-,26+,27?,28?,30?,31?,32?,33?,35+,36-/m1/s1. The summed E-state index contributed by atoms with van der Waals surface area (Å²) >= 11 is 0. The monoisotopic (exact) mass is 587 g/mol. The van der Waals surface area contributed by atoms with Crippen molar-refractivity contribution in [2.24, 2.45) is 52.3 Å². The van der Waals surface area contributed by atoms with Gasteiger partial charge >= 0.3 is 5.97 Å². The number of fused-ring (bicyclic) bond motifs is 5. The largest absolute Gasteiger partial charge is 0.462 e. The zero-order valence-corrected chi connectivity index (χ0v) is 26.8. The number of carbonyl (C=O) groups is 3. The van der Waals surface area contributed by atoms with E-state index >= 15 is 4.79 Å². The molecule has 43 heavy (non-hydrogen) atoms. The Hall–Kier alpha value is -2.83. The number of hydrogen-bond donors (Lipinski definition) is 0. The van der Waals surface area contributed by atoms with E-state index in [-0.39, 0.29) is 58.6 Å². The van der Waals surface area contributed by atoms with E-state index in [1.165, 1.54) is 6.92 Å². The molecule has 1 heterocycles. The third kappa shape index (κ3) is 4.99. The van der Waals surface area contributed by atoms with Gasteiger partial charge in [-0.3, -0.25) is 9.59 Å². The fourth-order valence-corrected chi connectivity index (χ4v) is 10.6. The Morgan fingerprint density at radius 1 is 1.09 bits per heavy atom. The van der Waals surface area contributed by atoms with Crippen molar-refractivity contribution in [1.82, 2.24) is 15.0 Å². The van der Waals surface area contributed by atoms with E-state index in [9.17, 15) is 9.59 Å². The molecule has 0 radical (unpaired) electrons. The van der Waals surface area contributed by atoms with Gasteiger partial charge in [0.2, 0.25) is 0 Å². The number of benzene rings is 1. The first-order chi connectivity index (χ1) is 20.4. The molecule has 6 unspecified atom stereocenters. The number of hydrogen-bond acceptors (Lipinski definition) is 6. The molecule has 0 bridgehead atoms. The molecule has 232 valence electrons. The molecule has 7 nitrogen and oxygen atoms in total. The summed E-state index contributed by atoms with van der Waals surface area (Å²) in [5, 5.41) is 9.28. The fraction of sp³-hybridized carbons (Fsp3) is 0.694. The third-order valence-corrected chi connectivity index (χ3v) is 12.7. The molecule has 0 aliphatic heterocycles. The molecule has 0 spiro atoms. The maximum atomic E-state index is 15.3. The number of esters is 1. The molecule has 11 atom stereocenters. The van der Waals surface area contributed by atoms with Crippen molar-refractivity contribution < 1.29 is 19.1 Å². The van der Waals surface area contributed by atoms with Gasteiger partial charge in [0.05, 0.1) is 6.20 Å². The van der Waals surface area contributed by atoms with Crippen molar-refractivity contribution in [3.63, 3.8) is 0 Å². The van der Waals surface area contributed by atoms with Gasteiger partial charge in [-0.2, -0.15) is 0 Å². The predicted octanol–water partition coefficient (Wildman–Crippen LogP) is 7.12. The van der Waals surface area contributed by atoms with Crippen molar-refractivity contribution in [3.8, 4) is 11.3 Å². The van der Waals surface area contributed by atoms with Gasteiger partial charge in [0, 0.05) is 36.2 Å². The normalized spacial score (nSPS) is 39.3. The minimum atomic E-state index is -0.593. The smallest absolute Gasteiger partial charge is 0.302 e. The van der Waals surface area contributed by atoms with Crippen molar-refractivity contribution in [1.29, 1.82) is 0 Å². The Kier molecular flexibility index (Phi) is 7.91. The first-order valence-corrected chi connectivity index (χ1v) is 16.6. The van der Waals surface area contributed by atoms with Gasteiger partial charge in [-0.1, -0.05) is 69.7 Å². The first-order valence-electron chi connectivity index (χ1n) is 16.6. The van der Waals surface area contributed by atoms with Gasteiger partial charge < -0.3 is 9.53 Å². The summed E-state index contributed by atoms with van der Waals surface area (Å²) in [7, 11) is 0. The van der Waals surface area contributed by atoms with Crippen LogP contribution in [0.15, 0.2) is 36.5 Å². The van der Waals surface area contributed by atoms with E-state index in [2.05, 4.69) is 32.8 Å². The van der Waals surface area contributed by atoms with Gasteiger partial charge in [-0.15, -0.1) is 5.10 Å². The van der Waals surface area contributed by atoms with Crippen LogP contribution in [-0.4, -0.2) is 38.6 Å². The van der Waals surface area contributed by atoms with Crippen LogP contribution in [0, 0.1) is 52.3 Å². The molecule has 4 saturated carbocycles. The number of aromatic nitrogens is 3. The Labute approximate surface area is 256 Å². The van der Waals surface area contributed by atoms with Crippen LogP contribution in [0.5, 0.6) is 0 Å². The third-order valence-electron chi connectivity index (χ3n) is 12.7. The molecular formula is C36H49N3O4. The number of ketones is 2. The van der Waals surface area contributed by atoms with E-state index in [0.717, 1.165) is 56.2 Å². The second-order valence-corrected chi connectivity index (χ2v) is 15.1. The van der Waals surface area contributed by atoms with Crippen LogP contribution >= 0.6 is 0 Å². The van der Waals surface area contributed by atoms with Crippen LogP contribution in [0.1, 0.15) is 99.0 Å². The van der Waals surface area contributed by atoms with Crippen LogP contribution in [0.3, 0.4) is 0 Å². The number of rotatable bonds is 7. The number of Topliss-reactive ketones (excluding diaryl/α,β-unsaturated/α-hetero) is 2. The lowest BCUT2D eigenvalue weighted by Crippen LogP contribution is -2.65. The second-order valence-electron chi connectivity index (χ2n) is 15.1. The highest BCUT2D eigenvalue weighted by atomic mass is 16.5. The number of ether oxygens (including phenoxy) is 1. The molecule has 4 aliphatic rings. The topological polar surface area (TPSA) is 91.2 Å². The molecule has 0 saturated heterocycles. The van der Waals surface area contributed by atoms with E-state index in [1.54, 1.807) is 6.92 Å². The summed E-state index contributed by atoms with van der Waals surface area (Å²) in [5.74, 6) is 1.84. The van der Waals surface area contributed by atoms with Crippen molar-refractivity contribution in [2.75, 3.05) is 0 Å². The lowest BCUT2D eigenvalue weighted by Gasteiger charge is -2.64. The highest BCUT2D eigenvalue weighted by Gasteiger charge is 2.70. The van der Waals surface area contributed by atoms with E-state index in [1.807, 2.05) is 41.2 Å². The minimum absolute atomic E-state index is 0.00488. The lowest BCUT2D eigenvalue weighted by atomic mass is 9.41. The number of carbonyl (C=O) groups excluding carboxylic acids is 3. The fourth-order valence-electron chi connectivity index (χ4n) is 10.6. The molecule has 4 aliphatic carbocycles. The predicted molar refractivity (Wildman–Crippen MR) is 165 cm³/mol. The molecular weight excluding hydrogens is 538 g/mol. The summed E-state index contributed by atoms with van der Waals surface area (Å²) in [6.45, 7) is 12.4. The molecule has 1 aromatic heterocycles. The Balaban J connectivity index is 1.49. The maximum Gasteiger partial charge on any atom is 0.302 e. The summed E-state index contributed by atoms with van der Waals surface area (Å²) < 4.78 is 8.16. The average Bonchev–Trinajstić information content (AvgIpc) is 3.59. The van der Waals surface area contributed by atoms with Crippen LogP contribution in [-0.2, 0) is 19.1 Å². The van der Waals surface area contributed by atoms with E-state index < -0.39 is 11.5 Å². The average molecular weight is 588 g/mol. The lowest BCUT2D eigenvalue weighted by molar-refractivity contribution is -0.203. The van der Waals surface area contributed by atoms with Crippen molar-refractivity contribution >= 4 is 17.5 Å².